The van der Waals surface area contributed by atoms with Crippen molar-refractivity contribution in [2.75, 3.05) is 13.6 Å². The Morgan fingerprint density at radius 2 is 1.62 bits per heavy atom. The molecule has 0 spiro atoms. The van der Waals surface area contributed by atoms with Gasteiger partial charge in [-0.05, 0) is 56.0 Å². The number of hydrazine groups is 1. The van der Waals surface area contributed by atoms with Gasteiger partial charge in [0, 0.05) is 7.05 Å². The molecule has 0 aromatic heterocycles. The van der Waals surface area contributed by atoms with Gasteiger partial charge in [0.15, 0.2) is 6.10 Å². The molecule has 2 rings (SSSR count). The van der Waals surface area contributed by atoms with Crippen molar-refractivity contribution in [3.63, 3.8) is 0 Å². The number of sulfonamides is 1. The number of rotatable bonds is 8. The molecule has 2 N–H and O–H groups in total. The lowest BCUT2D eigenvalue weighted by Gasteiger charge is -2.19. The molecule has 9 heteroatoms. The van der Waals surface area contributed by atoms with E-state index in [1.807, 2.05) is 32.0 Å². The van der Waals surface area contributed by atoms with Gasteiger partial charge in [0.05, 0.1) is 11.4 Å². The van der Waals surface area contributed by atoms with Crippen LogP contribution in [0.1, 0.15) is 43.4 Å². The van der Waals surface area contributed by atoms with E-state index in [9.17, 15) is 18.0 Å². The van der Waals surface area contributed by atoms with Crippen molar-refractivity contribution in [2.45, 2.75) is 51.5 Å². The number of benzene rings is 2. The number of hydrogen-bond acceptors (Lipinski definition) is 5. The molecule has 0 fully saturated rings. The van der Waals surface area contributed by atoms with Crippen molar-refractivity contribution in [1.29, 1.82) is 0 Å². The quantitative estimate of drug-likeness (QED) is 0.588. The second-order valence-electron chi connectivity index (χ2n) is 8.05. The lowest BCUT2D eigenvalue weighted by atomic mass is 10.0. The van der Waals surface area contributed by atoms with Crippen LogP contribution in [0, 0.1) is 13.8 Å². The molecule has 1 unspecified atom stereocenters. The number of carbonyl (C=O) groups is 2. The SMILES string of the molecule is Cc1ccc(S(=O)(=O)N(C)CC(=O)NNC(=O)C(C)Oc2cc(C(C)C)ccc2C)cc1. The fourth-order valence-electron chi connectivity index (χ4n) is 2.80. The predicted molar refractivity (Wildman–Crippen MR) is 123 cm³/mol. The first-order chi connectivity index (χ1) is 14.9. The minimum absolute atomic E-state index is 0.0865. The van der Waals surface area contributed by atoms with E-state index in [-0.39, 0.29) is 4.90 Å². The van der Waals surface area contributed by atoms with E-state index in [0.717, 1.165) is 21.0 Å². The summed E-state index contributed by atoms with van der Waals surface area (Å²) in [6.07, 6.45) is -0.870. The molecule has 2 aromatic carbocycles. The molecule has 8 nitrogen and oxygen atoms in total. The van der Waals surface area contributed by atoms with Crippen molar-refractivity contribution in [3.05, 3.63) is 59.2 Å². The minimum atomic E-state index is -3.83. The molecule has 0 aliphatic rings. The third-order valence-electron chi connectivity index (χ3n) is 4.97. The lowest BCUT2D eigenvalue weighted by molar-refractivity contribution is -0.132. The van der Waals surface area contributed by atoms with Gasteiger partial charge in [-0.3, -0.25) is 20.4 Å². The van der Waals surface area contributed by atoms with Crippen molar-refractivity contribution in [1.82, 2.24) is 15.2 Å². The van der Waals surface area contributed by atoms with Crippen LogP contribution in [0.4, 0.5) is 0 Å². The number of nitrogens with one attached hydrogen (secondary N) is 2. The van der Waals surface area contributed by atoms with Crippen molar-refractivity contribution in [2.24, 2.45) is 0 Å². The number of aryl methyl sites for hydroxylation is 2. The summed E-state index contributed by atoms with van der Waals surface area (Å²) in [5.74, 6) is -0.331. The molecular weight excluding hydrogens is 430 g/mol. The summed E-state index contributed by atoms with van der Waals surface area (Å²) in [6, 6.07) is 12.2. The van der Waals surface area contributed by atoms with E-state index in [2.05, 4.69) is 24.7 Å². The van der Waals surface area contributed by atoms with Gasteiger partial charge in [0.25, 0.3) is 11.8 Å². The maximum Gasteiger partial charge on any atom is 0.279 e. The summed E-state index contributed by atoms with van der Waals surface area (Å²) in [4.78, 5) is 24.6. The maximum atomic E-state index is 12.6. The molecule has 0 heterocycles. The van der Waals surface area contributed by atoms with E-state index in [0.29, 0.717) is 11.7 Å². The Bertz CT molecular complexity index is 1070. The first-order valence-electron chi connectivity index (χ1n) is 10.3. The highest BCUT2D eigenvalue weighted by molar-refractivity contribution is 7.89. The fraction of sp³-hybridized carbons (Fsp3) is 0.391. The van der Waals surface area contributed by atoms with Crippen LogP contribution in [0.3, 0.4) is 0 Å². The Kier molecular flexibility index (Phi) is 8.40. The number of nitrogens with zero attached hydrogens (tertiary/aromatic N) is 1. The maximum absolute atomic E-state index is 12.6. The van der Waals surface area contributed by atoms with Crippen LogP contribution in [0.2, 0.25) is 0 Å². The Hall–Kier alpha value is -2.91. The summed E-state index contributed by atoms with van der Waals surface area (Å²) in [5.41, 5.74) is 7.41. The lowest BCUT2D eigenvalue weighted by Crippen LogP contribution is -2.50. The number of hydrogen-bond donors (Lipinski definition) is 2. The summed E-state index contributed by atoms with van der Waals surface area (Å²) >= 11 is 0. The first kappa shape index (κ1) is 25.4. The van der Waals surface area contributed by atoms with Crippen LogP contribution in [0.15, 0.2) is 47.4 Å². The summed E-state index contributed by atoms with van der Waals surface area (Å²) in [7, 11) is -2.53. The predicted octanol–water partition coefficient (Wildman–Crippen LogP) is 2.66. The van der Waals surface area contributed by atoms with Crippen molar-refractivity contribution in [3.8, 4) is 5.75 Å². The van der Waals surface area contributed by atoms with Crippen LogP contribution in [-0.2, 0) is 19.6 Å². The molecule has 1 atom stereocenters. The van der Waals surface area contributed by atoms with Crippen molar-refractivity contribution >= 4 is 21.8 Å². The molecule has 0 saturated carbocycles. The number of carbonyl (C=O) groups excluding carboxylic acids is 2. The van der Waals surface area contributed by atoms with Gasteiger partial charge in [-0.2, -0.15) is 4.31 Å². The molecule has 0 bridgehead atoms. The third kappa shape index (κ3) is 6.54. The molecule has 2 aromatic rings. The molecule has 32 heavy (non-hydrogen) atoms. The van der Waals surface area contributed by atoms with Crippen LogP contribution in [0.25, 0.3) is 0 Å². The van der Waals surface area contributed by atoms with Gasteiger partial charge < -0.3 is 4.74 Å². The van der Waals surface area contributed by atoms with E-state index in [4.69, 9.17) is 4.74 Å². The molecule has 0 aliphatic heterocycles. The number of ether oxygens (including phenoxy) is 1. The van der Waals surface area contributed by atoms with Crippen LogP contribution in [-0.4, -0.2) is 44.2 Å². The topological polar surface area (TPSA) is 105 Å². The zero-order valence-corrected chi connectivity index (χ0v) is 20.1. The highest BCUT2D eigenvalue weighted by atomic mass is 32.2. The monoisotopic (exact) mass is 461 g/mol. The standard InChI is InChI=1S/C23H31N3O5S/c1-15(2)19-10-9-17(4)21(13-19)31-18(5)23(28)25-24-22(27)14-26(6)32(29,30)20-11-7-16(3)8-12-20/h7-13,15,18H,14H2,1-6H3,(H,24,27)(H,25,28). The van der Waals surface area contributed by atoms with Gasteiger partial charge in [0.2, 0.25) is 10.0 Å². The Balaban J connectivity index is 1.91. The molecule has 0 saturated heterocycles. The first-order valence-corrected chi connectivity index (χ1v) is 11.7. The molecule has 0 radical (unpaired) electrons. The van der Waals surface area contributed by atoms with E-state index >= 15 is 0 Å². The van der Waals surface area contributed by atoms with Crippen LogP contribution >= 0.6 is 0 Å². The Morgan fingerprint density at radius 1 is 1.00 bits per heavy atom. The second-order valence-corrected chi connectivity index (χ2v) is 10.1. The Morgan fingerprint density at radius 3 is 2.22 bits per heavy atom. The van der Waals surface area contributed by atoms with Crippen LogP contribution < -0.4 is 15.6 Å². The number of amides is 2. The second kappa shape index (κ2) is 10.6. The third-order valence-corrected chi connectivity index (χ3v) is 6.79. The molecule has 0 aliphatic carbocycles. The highest BCUT2D eigenvalue weighted by Gasteiger charge is 2.23. The molecule has 174 valence electrons. The van der Waals surface area contributed by atoms with Gasteiger partial charge in [0.1, 0.15) is 5.75 Å². The average Bonchev–Trinajstić information content (AvgIpc) is 2.73. The zero-order valence-electron chi connectivity index (χ0n) is 19.3. The van der Waals surface area contributed by atoms with E-state index in [1.165, 1.54) is 19.2 Å². The van der Waals surface area contributed by atoms with E-state index in [1.54, 1.807) is 19.1 Å². The highest BCUT2D eigenvalue weighted by Crippen LogP contribution is 2.25. The summed E-state index contributed by atoms with van der Waals surface area (Å²) < 4.78 is 31.8. The molecule has 2 amide bonds. The van der Waals surface area contributed by atoms with Gasteiger partial charge in [-0.1, -0.05) is 43.7 Å². The zero-order chi connectivity index (χ0) is 24.1. The Labute approximate surface area is 190 Å². The molecular formula is C23H31N3O5S. The van der Waals surface area contributed by atoms with Crippen molar-refractivity contribution < 1.29 is 22.7 Å². The average molecular weight is 462 g/mol. The summed E-state index contributed by atoms with van der Waals surface area (Å²) in [5, 5.41) is 0. The van der Waals surface area contributed by atoms with Gasteiger partial charge in [-0.15, -0.1) is 0 Å². The normalized spacial score (nSPS) is 12.5. The van der Waals surface area contributed by atoms with Crippen LogP contribution in [0.5, 0.6) is 5.75 Å². The summed E-state index contributed by atoms with van der Waals surface area (Å²) in [6.45, 7) is 8.98. The number of likely N-dealkylation sites (N-methyl/N-ethyl adjacent to an activating group) is 1. The van der Waals surface area contributed by atoms with E-state index < -0.39 is 34.5 Å². The van der Waals surface area contributed by atoms with Gasteiger partial charge in [-0.25, -0.2) is 8.42 Å². The smallest absolute Gasteiger partial charge is 0.279 e. The van der Waals surface area contributed by atoms with Gasteiger partial charge >= 0.3 is 0 Å². The minimum Gasteiger partial charge on any atom is -0.481 e. The largest absolute Gasteiger partial charge is 0.481 e. The fourth-order valence-corrected chi connectivity index (χ4v) is 3.92.